The molecule has 0 saturated carbocycles. The fourth-order valence-electron chi connectivity index (χ4n) is 7.66. The summed E-state index contributed by atoms with van der Waals surface area (Å²) in [5.41, 5.74) is 8.30. The van der Waals surface area contributed by atoms with E-state index in [1.54, 1.807) is 0 Å². The first-order chi connectivity index (χ1) is 24.8. The van der Waals surface area contributed by atoms with Gasteiger partial charge in [-0.3, -0.25) is 0 Å². The maximum absolute atomic E-state index is 2.41. The minimum atomic E-state index is 1.13. The van der Waals surface area contributed by atoms with Crippen LogP contribution in [-0.4, -0.2) is 0 Å². The van der Waals surface area contributed by atoms with Crippen molar-refractivity contribution in [3.8, 4) is 22.3 Å². The van der Waals surface area contributed by atoms with E-state index in [1.807, 2.05) is 11.3 Å². The molecule has 0 spiro atoms. The first-order valence-electron chi connectivity index (χ1n) is 17.1. The molecular formula is C48H31NS. The van der Waals surface area contributed by atoms with Crippen LogP contribution in [0.1, 0.15) is 0 Å². The Morgan fingerprint density at radius 2 is 0.760 bits per heavy atom. The summed E-state index contributed by atoms with van der Waals surface area (Å²) in [5, 5.41) is 10.4. The Hall–Kier alpha value is -6.22. The summed E-state index contributed by atoms with van der Waals surface area (Å²) in [5.74, 6) is 0. The Kier molecular flexibility index (Phi) is 6.75. The molecule has 50 heavy (non-hydrogen) atoms. The highest BCUT2D eigenvalue weighted by atomic mass is 32.1. The Bertz CT molecular complexity index is 2810. The molecule has 0 N–H and O–H groups in total. The molecule has 0 radical (unpaired) electrons. The molecular weight excluding hydrogens is 623 g/mol. The molecule has 0 amide bonds. The second-order valence-corrected chi connectivity index (χ2v) is 14.0. The minimum Gasteiger partial charge on any atom is -0.309 e. The van der Waals surface area contributed by atoms with Crippen molar-refractivity contribution in [1.82, 2.24) is 0 Å². The number of hydrogen-bond acceptors (Lipinski definition) is 2. The maximum Gasteiger partial charge on any atom is 0.0640 e. The van der Waals surface area contributed by atoms with Gasteiger partial charge in [-0.1, -0.05) is 146 Å². The molecule has 0 aliphatic rings. The van der Waals surface area contributed by atoms with Gasteiger partial charge in [0, 0.05) is 26.8 Å². The van der Waals surface area contributed by atoms with Gasteiger partial charge in [0.2, 0.25) is 0 Å². The zero-order valence-corrected chi connectivity index (χ0v) is 28.1. The van der Waals surface area contributed by atoms with Gasteiger partial charge < -0.3 is 4.90 Å². The largest absolute Gasteiger partial charge is 0.309 e. The summed E-state index contributed by atoms with van der Waals surface area (Å²) >= 11 is 1.87. The van der Waals surface area contributed by atoms with E-state index in [1.165, 1.54) is 80.4 Å². The van der Waals surface area contributed by atoms with Crippen molar-refractivity contribution in [2.45, 2.75) is 0 Å². The van der Waals surface area contributed by atoms with E-state index in [9.17, 15) is 0 Å². The third kappa shape index (κ3) is 4.69. The number of rotatable bonds is 5. The topological polar surface area (TPSA) is 3.24 Å². The van der Waals surface area contributed by atoms with Crippen LogP contribution in [0.2, 0.25) is 0 Å². The molecule has 234 valence electrons. The number of thiophene rings is 1. The lowest BCUT2D eigenvalue weighted by molar-refractivity contribution is 1.30. The summed E-state index contributed by atoms with van der Waals surface area (Å²) < 4.78 is 2.60. The van der Waals surface area contributed by atoms with Gasteiger partial charge in [-0.25, -0.2) is 0 Å². The summed E-state index contributed by atoms with van der Waals surface area (Å²) in [6, 6.07) is 68.6. The highest BCUT2D eigenvalue weighted by Crippen LogP contribution is 2.45. The second kappa shape index (κ2) is 11.7. The van der Waals surface area contributed by atoms with Crippen LogP contribution < -0.4 is 4.90 Å². The summed E-state index contributed by atoms with van der Waals surface area (Å²) in [7, 11) is 0. The van der Waals surface area contributed by atoms with E-state index in [0.29, 0.717) is 0 Å². The molecule has 1 nitrogen and oxygen atoms in total. The number of benzene rings is 9. The van der Waals surface area contributed by atoms with Gasteiger partial charge in [0.25, 0.3) is 0 Å². The van der Waals surface area contributed by atoms with Gasteiger partial charge in [-0.15, -0.1) is 11.3 Å². The molecule has 0 bridgehead atoms. The smallest absolute Gasteiger partial charge is 0.0640 e. The van der Waals surface area contributed by atoms with Crippen molar-refractivity contribution < 1.29 is 0 Å². The lowest BCUT2D eigenvalue weighted by Gasteiger charge is -2.26. The number of anilines is 3. The van der Waals surface area contributed by atoms with Gasteiger partial charge in [-0.2, -0.15) is 0 Å². The van der Waals surface area contributed by atoms with Gasteiger partial charge in [-0.05, 0) is 97.0 Å². The normalized spacial score (nSPS) is 11.6. The van der Waals surface area contributed by atoms with Gasteiger partial charge in [0.15, 0.2) is 0 Å². The number of hydrogen-bond donors (Lipinski definition) is 0. The Labute approximate surface area is 294 Å². The van der Waals surface area contributed by atoms with Crippen molar-refractivity contribution in [1.29, 1.82) is 0 Å². The van der Waals surface area contributed by atoms with E-state index in [4.69, 9.17) is 0 Å². The average Bonchev–Trinajstić information content (AvgIpc) is 3.58. The summed E-state index contributed by atoms with van der Waals surface area (Å²) in [6.45, 7) is 0. The van der Waals surface area contributed by atoms with Gasteiger partial charge in [0.1, 0.15) is 0 Å². The van der Waals surface area contributed by atoms with Gasteiger partial charge in [0.05, 0.1) is 10.4 Å². The maximum atomic E-state index is 2.41. The molecule has 0 saturated heterocycles. The van der Waals surface area contributed by atoms with Crippen molar-refractivity contribution in [2.75, 3.05) is 4.90 Å². The molecule has 1 aromatic heterocycles. The van der Waals surface area contributed by atoms with E-state index in [2.05, 4.69) is 193 Å². The predicted molar refractivity (Wildman–Crippen MR) is 217 cm³/mol. The van der Waals surface area contributed by atoms with Crippen LogP contribution in [0.25, 0.3) is 74.7 Å². The quantitative estimate of drug-likeness (QED) is 0.167. The fraction of sp³-hybridized carbons (Fsp3) is 0. The molecule has 0 fully saturated rings. The van der Waals surface area contributed by atoms with Crippen molar-refractivity contribution >= 4 is 80.9 Å². The molecule has 2 heteroatoms. The first-order valence-corrected chi connectivity index (χ1v) is 17.9. The van der Waals surface area contributed by atoms with Crippen LogP contribution in [0.3, 0.4) is 0 Å². The third-order valence-electron chi connectivity index (χ3n) is 10.1. The van der Waals surface area contributed by atoms with E-state index >= 15 is 0 Å². The molecule has 9 aromatic carbocycles. The lowest BCUT2D eigenvalue weighted by atomic mass is 9.92. The highest BCUT2D eigenvalue weighted by Gasteiger charge is 2.18. The molecule has 10 aromatic rings. The molecule has 10 rings (SSSR count). The van der Waals surface area contributed by atoms with Crippen LogP contribution in [0, 0.1) is 0 Å². The molecule has 0 aliphatic heterocycles. The Morgan fingerprint density at radius 1 is 0.300 bits per heavy atom. The number of nitrogens with zero attached hydrogens (tertiary/aromatic N) is 1. The molecule has 0 unspecified atom stereocenters. The van der Waals surface area contributed by atoms with E-state index in [-0.39, 0.29) is 0 Å². The predicted octanol–water partition coefficient (Wildman–Crippen LogP) is 14.3. The molecule has 0 atom stereocenters. The summed E-state index contributed by atoms with van der Waals surface area (Å²) in [6.07, 6.45) is 0. The Morgan fingerprint density at radius 3 is 1.40 bits per heavy atom. The van der Waals surface area contributed by atoms with Crippen LogP contribution in [0.5, 0.6) is 0 Å². The zero-order valence-electron chi connectivity index (χ0n) is 27.3. The van der Waals surface area contributed by atoms with Crippen molar-refractivity contribution in [3.05, 3.63) is 188 Å². The van der Waals surface area contributed by atoms with E-state index in [0.717, 1.165) is 11.4 Å². The first kappa shape index (κ1) is 28.8. The lowest BCUT2D eigenvalue weighted by Crippen LogP contribution is -2.10. The highest BCUT2D eigenvalue weighted by molar-refractivity contribution is 7.26. The SMILES string of the molecule is c1ccc(-c2ccc(N(c3ccc(-c4ccc5c6ccccc6c6ccccc6c5c4)cc3)c3cccc4c3sc3ccccc34)cc2)cc1. The van der Waals surface area contributed by atoms with Crippen molar-refractivity contribution in [2.24, 2.45) is 0 Å². The average molecular weight is 654 g/mol. The van der Waals surface area contributed by atoms with Crippen molar-refractivity contribution in [3.63, 3.8) is 0 Å². The third-order valence-corrected chi connectivity index (χ3v) is 11.3. The van der Waals surface area contributed by atoms with E-state index < -0.39 is 0 Å². The molecule has 1 heterocycles. The second-order valence-electron chi connectivity index (χ2n) is 12.9. The molecule has 0 aliphatic carbocycles. The fourth-order valence-corrected chi connectivity index (χ4v) is 8.87. The monoisotopic (exact) mass is 653 g/mol. The standard InChI is InChI=1S/C48H31NS/c1-2-11-32(12-3-1)33-21-26-36(27-22-33)49(46-19-10-18-44-43-17-8-9-20-47(43)50-48(44)46)37-28-23-34(24-29-37)35-25-30-42-40-15-5-4-13-38(40)39-14-6-7-16-41(39)45(42)31-35/h1-31H. The van der Waals surface area contributed by atoms with Gasteiger partial charge >= 0.3 is 0 Å². The van der Waals surface area contributed by atoms with Crippen LogP contribution in [0.4, 0.5) is 17.1 Å². The zero-order chi connectivity index (χ0) is 33.0. The van der Waals surface area contributed by atoms with Crippen LogP contribution >= 0.6 is 11.3 Å². The Balaban J connectivity index is 1.11. The van der Waals surface area contributed by atoms with Crippen LogP contribution in [-0.2, 0) is 0 Å². The van der Waals surface area contributed by atoms with Crippen LogP contribution in [0.15, 0.2) is 188 Å². The number of fused-ring (bicyclic) bond motifs is 9. The summed E-state index contributed by atoms with van der Waals surface area (Å²) in [4.78, 5) is 2.41. The minimum absolute atomic E-state index is 1.13.